The number of rotatable bonds is 4. The Labute approximate surface area is 98.9 Å². The molecular weight excluding hydrogens is 254 g/mol. The average molecular weight is 270 g/mol. The molecular formula is C12H16BrNO. The van der Waals surface area contributed by atoms with Gasteiger partial charge in [0, 0.05) is 11.0 Å². The van der Waals surface area contributed by atoms with E-state index in [1.54, 1.807) is 0 Å². The van der Waals surface area contributed by atoms with Gasteiger partial charge >= 0.3 is 0 Å². The molecule has 2 rings (SSSR count). The van der Waals surface area contributed by atoms with E-state index < -0.39 is 0 Å². The van der Waals surface area contributed by atoms with Gasteiger partial charge in [-0.05, 0) is 30.9 Å². The van der Waals surface area contributed by atoms with Crippen molar-refractivity contribution < 1.29 is 4.74 Å². The van der Waals surface area contributed by atoms with Gasteiger partial charge in [0.2, 0.25) is 0 Å². The zero-order valence-electron chi connectivity index (χ0n) is 8.66. The van der Waals surface area contributed by atoms with Gasteiger partial charge in [0.15, 0.2) is 0 Å². The van der Waals surface area contributed by atoms with Crippen LogP contribution in [0, 0.1) is 0 Å². The molecule has 0 amide bonds. The molecule has 82 valence electrons. The summed E-state index contributed by atoms with van der Waals surface area (Å²) in [4.78, 5) is 0. The Kier molecular flexibility index (Phi) is 3.78. The Hall–Kier alpha value is -0.380. The first kappa shape index (κ1) is 11.1. The summed E-state index contributed by atoms with van der Waals surface area (Å²) in [5.41, 5.74) is 6.91. The Morgan fingerprint density at radius 3 is 2.67 bits per heavy atom. The molecule has 1 saturated carbocycles. The highest BCUT2D eigenvalue weighted by Crippen LogP contribution is 2.31. The molecule has 0 heterocycles. The van der Waals surface area contributed by atoms with E-state index >= 15 is 0 Å². The Bertz CT molecular complexity index is 325. The quantitative estimate of drug-likeness (QED) is 0.912. The van der Waals surface area contributed by atoms with Crippen molar-refractivity contribution in [1.29, 1.82) is 0 Å². The Morgan fingerprint density at radius 2 is 2.13 bits per heavy atom. The van der Waals surface area contributed by atoms with Crippen molar-refractivity contribution in [2.45, 2.75) is 31.5 Å². The van der Waals surface area contributed by atoms with E-state index in [1.165, 1.54) is 19.3 Å². The molecule has 2 N–H and O–H groups in total. The van der Waals surface area contributed by atoms with Crippen LogP contribution < -0.4 is 5.73 Å². The van der Waals surface area contributed by atoms with Crippen molar-refractivity contribution in [3.05, 3.63) is 34.3 Å². The topological polar surface area (TPSA) is 35.2 Å². The Morgan fingerprint density at radius 1 is 1.40 bits per heavy atom. The van der Waals surface area contributed by atoms with E-state index in [2.05, 4.69) is 22.0 Å². The lowest BCUT2D eigenvalue weighted by atomic mass is 9.95. The van der Waals surface area contributed by atoms with Crippen molar-refractivity contribution in [3.63, 3.8) is 0 Å². The molecule has 0 saturated heterocycles. The number of hydrogen-bond donors (Lipinski definition) is 1. The zero-order chi connectivity index (χ0) is 10.7. The van der Waals surface area contributed by atoms with E-state index in [0.29, 0.717) is 12.6 Å². The van der Waals surface area contributed by atoms with E-state index in [1.807, 2.05) is 18.2 Å². The van der Waals surface area contributed by atoms with Gasteiger partial charge in [-0.3, -0.25) is 0 Å². The van der Waals surface area contributed by atoms with Crippen LogP contribution in [0.1, 0.15) is 30.9 Å². The largest absolute Gasteiger partial charge is 0.369 e. The third kappa shape index (κ3) is 2.60. The smallest absolute Gasteiger partial charge is 0.0961 e. The molecule has 0 aromatic heterocycles. The van der Waals surface area contributed by atoms with Crippen molar-refractivity contribution in [2.75, 3.05) is 6.54 Å². The van der Waals surface area contributed by atoms with Crippen LogP contribution in [-0.2, 0) is 4.74 Å². The second kappa shape index (κ2) is 5.10. The fraction of sp³-hybridized carbons (Fsp3) is 0.500. The molecule has 2 nitrogen and oxygen atoms in total. The van der Waals surface area contributed by atoms with Gasteiger partial charge in [-0.2, -0.15) is 0 Å². The first-order valence-corrected chi connectivity index (χ1v) is 6.20. The molecule has 0 aliphatic heterocycles. The lowest BCUT2D eigenvalue weighted by molar-refractivity contribution is -0.0489. The normalized spacial score (nSPS) is 18.5. The van der Waals surface area contributed by atoms with Crippen LogP contribution in [0.2, 0.25) is 0 Å². The minimum absolute atomic E-state index is 0.0332. The maximum atomic E-state index is 5.95. The van der Waals surface area contributed by atoms with Crippen LogP contribution in [0.5, 0.6) is 0 Å². The van der Waals surface area contributed by atoms with Gasteiger partial charge in [-0.15, -0.1) is 0 Å². The van der Waals surface area contributed by atoms with Crippen LogP contribution in [0.3, 0.4) is 0 Å². The third-order valence-electron chi connectivity index (χ3n) is 2.88. The fourth-order valence-corrected chi connectivity index (χ4v) is 2.27. The summed E-state index contributed by atoms with van der Waals surface area (Å²) < 4.78 is 7.03. The number of ether oxygens (including phenoxy) is 1. The average Bonchev–Trinajstić information content (AvgIpc) is 2.19. The minimum Gasteiger partial charge on any atom is -0.369 e. The van der Waals surface area contributed by atoms with Gasteiger partial charge < -0.3 is 10.5 Å². The van der Waals surface area contributed by atoms with Crippen LogP contribution >= 0.6 is 15.9 Å². The monoisotopic (exact) mass is 269 g/mol. The maximum absolute atomic E-state index is 5.95. The second-order valence-electron chi connectivity index (χ2n) is 3.93. The van der Waals surface area contributed by atoms with E-state index in [-0.39, 0.29) is 6.10 Å². The molecule has 1 aromatic carbocycles. The summed E-state index contributed by atoms with van der Waals surface area (Å²) >= 11 is 3.53. The highest BCUT2D eigenvalue weighted by atomic mass is 79.9. The molecule has 0 spiro atoms. The minimum atomic E-state index is 0.0332. The Balaban J connectivity index is 2.07. The van der Waals surface area contributed by atoms with Gasteiger partial charge in [-0.1, -0.05) is 34.1 Å². The lowest BCUT2D eigenvalue weighted by Crippen LogP contribution is -2.27. The second-order valence-corrected chi connectivity index (χ2v) is 4.79. The van der Waals surface area contributed by atoms with Gasteiger partial charge in [-0.25, -0.2) is 0 Å². The van der Waals surface area contributed by atoms with Crippen LogP contribution in [-0.4, -0.2) is 12.6 Å². The van der Waals surface area contributed by atoms with Crippen molar-refractivity contribution in [3.8, 4) is 0 Å². The summed E-state index contributed by atoms with van der Waals surface area (Å²) in [6.07, 6.45) is 4.11. The maximum Gasteiger partial charge on any atom is 0.0961 e. The molecule has 3 heteroatoms. The van der Waals surface area contributed by atoms with E-state index in [0.717, 1.165) is 10.0 Å². The van der Waals surface area contributed by atoms with Gasteiger partial charge in [0.25, 0.3) is 0 Å². The first-order chi connectivity index (χ1) is 7.31. The molecule has 1 atom stereocenters. The predicted octanol–water partition coefficient (Wildman–Crippen LogP) is 3.02. The molecule has 1 aromatic rings. The number of halogens is 1. The van der Waals surface area contributed by atoms with Crippen LogP contribution in [0.4, 0.5) is 0 Å². The fourth-order valence-electron chi connectivity index (χ4n) is 1.73. The molecule has 0 bridgehead atoms. The molecule has 1 aliphatic rings. The van der Waals surface area contributed by atoms with E-state index in [9.17, 15) is 0 Å². The molecule has 1 fully saturated rings. The van der Waals surface area contributed by atoms with Crippen LogP contribution in [0.15, 0.2) is 28.7 Å². The van der Waals surface area contributed by atoms with Crippen molar-refractivity contribution >= 4 is 15.9 Å². The zero-order valence-corrected chi connectivity index (χ0v) is 10.2. The third-order valence-corrected chi connectivity index (χ3v) is 3.60. The number of hydrogen-bond acceptors (Lipinski definition) is 2. The van der Waals surface area contributed by atoms with Crippen LogP contribution in [0.25, 0.3) is 0 Å². The van der Waals surface area contributed by atoms with Gasteiger partial charge in [0.1, 0.15) is 0 Å². The summed E-state index contributed by atoms with van der Waals surface area (Å²) in [5.74, 6) is 0. The molecule has 1 aliphatic carbocycles. The van der Waals surface area contributed by atoms with Crippen molar-refractivity contribution in [2.24, 2.45) is 5.73 Å². The summed E-state index contributed by atoms with van der Waals surface area (Å²) in [6.45, 7) is 0.541. The highest BCUT2D eigenvalue weighted by Gasteiger charge is 2.23. The molecule has 1 unspecified atom stereocenters. The summed E-state index contributed by atoms with van der Waals surface area (Å²) in [7, 11) is 0. The molecule has 15 heavy (non-hydrogen) atoms. The number of benzene rings is 1. The lowest BCUT2D eigenvalue weighted by Gasteiger charge is -2.30. The number of nitrogens with two attached hydrogens (primary N) is 1. The van der Waals surface area contributed by atoms with Gasteiger partial charge in [0.05, 0.1) is 12.2 Å². The summed E-state index contributed by atoms with van der Waals surface area (Å²) in [6, 6.07) is 8.12. The first-order valence-electron chi connectivity index (χ1n) is 5.41. The standard InChI is InChI=1S/C12H16BrNO/c13-11-7-2-1-6-10(11)12(8-14)15-9-4-3-5-9/h1-2,6-7,9,12H,3-5,8,14H2. The SMILES string of the molecule is NCC(OC1CCC1)c1ccccc1Br. The molecule has 0 radical (unpaired) electrons. The predicted molar refractivity (Wildman–Crippen MR) is 64.7 cm³/mol. The van der Waals surface area contributed by atoms with E-state index in [4.69, 9.17) is 10.5 Å². The summed E-state index contributed by atoms with van der Waals surface area (Å²) in [5, 5.41) is 0. The van der Waals surface area contributed by atoms with Crippen molar-refractivity contribution in [1.82, 2.24) is 0 Å². The highest BCUT2D eigenvalue weighted by molar-refractivity contribution is 9.10.